The minimum Gasteiger partial charge on any atom is -0.340 e. The lowest BCUT2D eigenvalue weighted by molar-refractivity contribution is -0.134. The van der Waals surface area contributed by atoms with Crippen molar-refractivity contribution in [3.05, 3.63) is 65.2 Å². The third-order valence-corrected chi connectivity index (χ3v) is 7.69. The Kier molecular flexibility index (Phi) is 8.04. The number of carbonyl (C=O) groups excluding carboxylic acids is 2. The van der Waals surface area contributed by atoms with Gasteiger partial charge in [-0.25, -0.2) is 17.2 Å². The number of nitrogens with zero attached hydrogens (tertiary/aromatic N) is 2. The molecular weight excluding hydrogens is 464 g/mol. The molecule has 10 heteroatoms. The number of benzene rings is 2. The molecule has 2 aromatic rings. The van der Waals surface area contributed by atoms with Crippen LogP contribution in [-0.4, -0.2) is 61.7 Å². The lowest BCUT2D eigenvalue weighted by Gasteiger charge is -2.36. The Balaban J connectivity index is 1.70. The van der Waals surface area contributed by atoms with Crippen molar-refractivity contribution in [3.8, 4) is 0 Å². The molecule has 0 bridgehead atoms. The quantitative estimate of drug-likeness (QED) is 0.643. The fourth-order valence-electron chi connectivity index (χ4n) is 3.95. The highest BCUT2D eigenvalue weighted by molar-refractivity contribution is 7.89. The van der Waals surface area contributed by atoms with Gasteiger partial charge in [0.05, 0.1) is 0 Å². The van der Waals surface area contributed by atoms with E-state index in [-0.39, 0.29) is 43.9 Å². The molecule has 2 aromatic carbocycles. The van der Waals surface area contributed by atoms with Crippen molar-refractivity contribution < 1.29 is 26.8 Å². The Morgan fingerprint density at radius 1 is 1.03 bits per heavy atom. The summed E-state index contributed by atoms with van der Waals surface area (Å²) in [4.78, 5) is 27.0. The molecule has 7 nitrogen and oxygen atoms in total. The molecule has 0 spiro atoms. The van der Waals surface area contributed by atoms with Crippen LogP contribution in [0.25, 0.3) is 0 Å². The molecule has 1 aliphatic rings. The van der Waals surface area contributed by atoms with Gasteiger partial charge in [-0.15, -0.1) is 0 Å². The summed E-state index contributed by atoms with van der Waals surface area (Å²) in [5.41, 5.74) is 1.28. The maximum atomic E-state index is 14.1. The highest BCUT2D eigenvalue weighted by atomic mass is 32.2. The van der Waals surface area contributed by atoms with Crippen LogP contribution in [0.3, 0.4) is 0 Å². The van der Waals surface area contributed by atoms with E-state index in [0.29, 0.717) is 18.1 Å². The van der Waals surface area contributed by atoms with Gasteiger partial charge in [0.2, 0.25) is 15.9 Å². The van der Waals surface area contributed by atoms with Crippen molar-refractivity contribution in [3.63, 3.8) is 0 Å². The number of amides is 2. The van der Waals surface area contributed by atoms with E-state index in [1.54, 1.807) is 12.1 Å². The van der Waals surface area contributed by atoms with Crippen LogP contribution in [0.1, 0.15) is 36.2 Å². The lowest BCUT2D eigenvalue weighted by Crippen LogP contribution is -2.56. The van der Waals surface area contributed by atoms with E-state index in [4.69, 9.17) is 0 Å². The first-order valence-corrected chi connectivity index (χ1v) is 12.5. The number of halogens is 2. The molecule has 0 saturated carbocycles. The molecule has 1 fully saturated rings. The maximum Gasteiger partial charge on any atom is 0.252 e. The molecule has 2 amide bonds. The van der Waals surface area contributed by atoms with Crippen molar-refractivity contribution >= 4 is 21.8 Å². The number of hydrogen-bond donors (Lipinski definition) is 1. The van der Waals surface area contributed by atoms with Crippen LogP contribution in [0.15, 0.2) is 47.4 Å². The number of piperazine rings is 1. The SMILES string of the molecule is Cc1ccccc1C(=O)NC(CC(C)C)C(=O)N1CCN(S(=O)(=O)c2ccc(F)cc2F)CC1. The van der Waals surface area contributed by atoms with Crippen LogP contribution in [0.2, 0.25) is 0 Å². The van der Waals surface area contributed by atoms with Gasteiger partial charge >= 0.3 is 0 Å². The second kappa shape index (κ2) is 10.6. The van der Waals surface area contributed by atoms with Gasteiger partial charge in [0.25, 0.3) is 5.91 Å². The van der Waals surface area contributed by atoms with Crippen LogP contribution in [0.4, 0.5) is 8.78 Å². The van der Waals surface area contributed by atoms with Crippen LogP contribution in [0.5, 0.6) is 0 Å². The van der Waals surface area contributed by atoms with Crippen molar-refractivity contribution in [2.45, 2.75) is 38.1 Å². The summed E-state index contributed by atoms with van der Waals surface area (Å²) < 4.78 is 54.0. The average molecular weight is 494 g/mol. The van der Waals surface area contributed by atoms with Gasteiger partial charge in [-0.3, -0.25) is 9.59 Å². The summed E-state index contributed by atoms with van der Waals surface area (Å²) in [5.74, 6) is -2.52. The Morgan fingerprint density at radius 3 is 2.26 bits per heavy atom. The summed E-state index contributed by atoms with van der Waals surface area (Å²) in [7, 11) is -4.17. The van der Waals surface area contributed by atoms with Gasteiger partial charge in [0.1, 0.15) is 22.6 Å². The van der Waals surface area contributed by atoms with Crippen LogP contribution in [0, 0.1) is 24.5 Å². The van der Waals surface area contributed by atoms with E-state index in [1.807, 2.05) is 32.9 Å². The molecule has 1 heterocycles. The van der Waals surface area contributed by atoms with Crippen LogP contribution < -0.4 is 5.32 Å². The molecule has 34 heavy (non-hydrogen) atoms. The van der Waals surface area contributed by atoms with Crippen molar-refractivity contribution in [1.82, 2.24) is 14.5 Å². The molecule has 1 saturated heterocycles. The Morgan fingerprint density at radius 2 is 1.68 bits per heavy atom. The normalized spacial score (nSPS) is 15.9. The molecule has 0 aliphatic carbocycles. The first-order chi connectivity index (χ1) is 16.0. The zero-order valence-corrected chi connectivity index (χ0v) is 20.2. The summed E-state index contributed by atoms with van der Waals surface area (Å²) in [5, 5.41) is 2.84. The minimum absolute atomic E-state index is 0.0367. The van der Waals surface area contributed by atoms with Crippen molar-refractivity contribution in [2.75, 3.05) is 26.2 Å². The molecule has 1 unspecified atom stereocenters. The van der Waals surface area contributed by atoms with E-state index < -0.39 is 32.6 Å². The summed E-state index contributed by atoms with van der Waals surface area (Å²) >= 11 is 0. The number of rotatable bonds is 7. The standard InChI is InChI=1S/C24H29F2N3O4S/c1-16(2)14-21(27-23(30)19-7-5-4-6-17(19)3)24(31)28-10-12-29(13-11-28)34(32,33)22-9-8-18(25)15-20(22)26/h4-9,15-16,21H,10-14H2,1-3H3,(H,27,30). The zero-order chi connectivity index (χ0) is 25.0. The van der Waals surface area contributed by atoms with Crippen molar-refractivity contribution in [1.29, 1.82) is 0 Å². The fourth-order valence-corrected chi connectivity index (χ4v) is 5.42. The molecule has 3 rings (SSSR count). The highest BCUT2D eigenvalue weighted by Gasteiger charge is 2.34. The van der Waals surface area contributed by atoms with E-state index >= 15 is 0 Å². The van der Waals surface area contributed by atoms with Gasteiger partial charge in [0.15, 0.2) is 0 Å². The molecule has 184 valence electrons. The molecular formula is C24H29F2N3O4S. The van der Waals surface area contributed by atoms with Crippen LogP contribution in [-0.2, 0) is 14.8 Å². The van der Waals surface area contributed by atoms with Gasteiger partial charge < -0.3 is 10.2 Å². The third-order valence-electron chi connectivity index (χ3n) is 5.76. The van der Waals surface area contributed by atoms with Gasteiger partial charge in [-0.05, 0) is 43.0 Å². The first-order valence-electron chi connectivity index (χ1n) is 11.1. The van der Waals surface area contributed by atoms with E-state index in [1.165, 1.54) is 4.90 Å². The topological polar surface area (TPSA) is 86.8 Å². The maximum absolute atomic E-state index is 14.1. The number of aryl methyl sites for hydroxylation is 1. The monoisotopic (exact) mass is 493 g/mol. The smallest absolute Gasteiger partial charge is 0.252 e. The number of nitrogens with one attached hydrogen (secondary N) is 1. The molecule has 1 aliphatic heterocycles. The highest BCUT2D eigenvalue weighted by Crippen LogP contribution is 2.22. The summed E-state index contributed by atoms with van der Waals surface area (Å²) in [6.07, 6.45) is 0.426. The van der Waals surface area contributed by atoms with E-state index in [2.05, 4.69) is 5.32 Å². The third kappa shape index (κ3) is 5.79. The van der Waals surface area contributed by atoms with Crippen molar-refractivity contribution in [2.24, 2.45) is 5.92 Å². The molecule has 0 radical (unpaired) electrons. The predicted octanol–water partition coefficient (Wildman–Crippen LogP) is 2.95. The Hall–Kier alpha value is -2.85. The largest absolute Gasteiger partial charge is 0.340 e. The molecule has 1 atom stereocenters. The van der Waals surface area contributed by atoms with Gasteiger partial charge in [0, 0.05) is 37.8 Å². The van der Waals surface area contributed by atoms with Gasteiger partial charge in [-0.2, -0.15) is 4.31 Å². The summed E-state index contributed by atoms with van der Waals surface area (Å²) in [6.45, 7) is 5.82. The van der Waals surface area contributed by atoms with Crippen LogP contribution >= 0.6 is 0 Å². The second-order valence-electron chi connectivity index (χ2n) is 8.77. The number of carbonyl (C=O) groups is 2. The number of sulfonamides is 1. The average Bonchev–Trinajstić information content (AvgIpc) is 2.78. The first kappa shape index (κ1) is 25.8. The molecule has 0 aromatic heterocycles. The predicted molar refractivity (Wildman–Crippen MR) is 124 cm³/mol. The Bertz CT molecular complexity index is 1160. The van der Waals surface area contributed by atoms with E-state index in [9.17, 15) is 26.8 Å². The number of hydrogen-bond acceptors (Lipinski definition) is 4. The van der Waals surface area contributed by atoms with E-state index in [0.717, 1.165) is 22.0 Å². The lowest BCUT2D eigenvalue weighted by atomic mass is 10.0. The Labute approximate surface area is 198 Å². The van der Waals surface area contributed by atoms with Gasteiger partial charge in [-0.1, -0.05) is 32.0 Å². The second-order valence-corrected chi connectivity index (χ2v) is 10.7. The fraction of sp³-hybridized carbons (Fsp3) is 0.417. The molecule has 1 N–H and O–H groups in total. The zero-order valence-electron chi connectivity index (χ0n) is 19.4. The minimum atomic E-state index is -4.17. The summed E-state index contributed by atoms with van der Waals surface area (Å²) in [6, 6.07) is 8.65.